The maximum atomic E-state index is 6.32. The van der Waals surface area contributed by atoms with Crippen molar-refractivity contribution in [1.29, 1.82) is 0 Å². The van der Waals surface area contributed by atoms with Crippen LogP contribution in [0.1, 0.15) is 0 Å². The highest BCUT2D eigenvalue weighted by Gasteiger charge is 2.13. The number of hydrogen-bond acceptors (Lipinski definition) is 3. The van der Waals surface area contributed by atoms with Crippen LogP contribution in [0.3, 0.4) is 0 Å². The van der Waals surface area contributed by atoms with E-state index in [0.29, 0.717) is 22.5 Å². The van der Waals surface area contributed by atoms with Gasteiger partial charge in [0.15, 0.2) is 17.5 Å². The topological polar surface area (TPSA) is 38.7 Å². The Morgan fingerprint density at radius 2 is 1.00 bits per heavy atom. The molecule has 0 N–H and O–H groups in total. The van der Waals surface area contributed by atoms with Gasteiger partial charge < -0.3 is 0 Å². The number of fused-ring (bicyclic) bond motifs is 1. The van der Waals surface area contributed by atoms with Gasteiger partial charge in [-0.2, -0.15) is 0 Å². The molecule has 3 nitrogen and oxygen atoms in total. The van der Waals surface area contributed by atoms with Crippen LogP contribution in [0.4, 0.5) is 0 Å². The van der Waals surface area contributed by atoms with Crippen LogP contribution in [-0.2, 0) is 0 Å². The fourth-order valence-electron chi connectivity index (χ4n) is 4.21. The lowest BCUT2D eigenvalue weighted by molar-refractivity contribution is 1.07. The van der Waals surface area contributed by atoms with E-state index in [-0.39, 0.29) is 0 Å². The van der Waals surface area contributed by atoms with Gasteiger partial charge in [-0.15, -0.1) is 0 Å². The van der Waals surface area contributed by atoms with Crippen molar-refractivity contribution in [3.63, 3.8) is 0 Å². The molecule has 1 aromatic heterocycles. The molecule has 0 atom stereocenters. The van der Waals surface area contributed by atoms with Crippen LogP contribution < -0.4 is 0 Å². The summed E-state index contributed by atoms with van der Waals surface area (Å²) in [6.45, 7) is 0. The first-order chi connectivity index (χ1) is 17.6. The highest BCUT2D eigenvalue weighted by atomic mass is 79.9. The standard InChI is InChI=1S/C31H19BrClN3/c32-27-17-26(18-28(33)19-27)31-35-29(22-7-2-1-3-8-22)34-30(36-31)23-13-10-21(11-14-23)25-15-12-20-6-4-5-9-24(20)16-25/h1-19H. The summed E-state index contributed by atoms with van der Waals surface area (Å²) >= 11 is 9.85. The predicted octanol–water partition coefficient (Wildman–Crippen LogP) is 9.11. The quantitative estimate of drug-likeness (QED) is 0.220. The zero-order valence-electron chi connectivity index (χ0n) is 19.1. The van der Waals surface area contributed by atoms with Gasteiger partial charge in [-0.05, 0) is 46.2 Å². The van der Waals surface area contributed by atoms with E-state index in [2.05, 4.69) is 82.7 Å². The summed E-state index contributed by atoms with van der Waals surface area (Å²) in [5, 5.41) is 3.07. The molecule has 0 radical (unpaired) electrons. The minimum absolute atomic E-state index is 0.570. The third kappa shape index (κ3) is 4.66. The van der Waals surface area contributed by atoms with E-state index in [0.717, 1.165) is 26.7 Å². The SMILES string of the molecule is Clc1cc(Br)cc(-c2nc(-c3ccccc3)nc(-c3ccc(-c4ccc5ccccc5c4)cc3)n2)c1. The minimum Gasteiger partial charge on any atom is -0.208 e. The molecule has 6 aromatic rings. The summed E-state index contributed by atoms with van der Waals surface area (Å²) < 4.78 is 0.868. The smallest absolute Gasteiger partial charge is 0.164 e. The lowest BCUT2D eigenvalue weighted by atomic mass is 10.00. The first kappa shape index (κ1) is 22.6. The summed E-state index contributed by atoms with van der Waals surface area (Å²) in [7, 11) is 0. The molecule has 1 heterocycles. The number of benzene rings is 5. The number of rotatable bonds is 4. The fourth-order valence-corrected chi connectivity index (χ4v) is 5.07. The molecule has 0 spiro atoms. The monoisotopic (exact) mass is 547 g/mol. The van der Waals surface area contributed by atoms with Crippen LogP contribution in [0.2, 0.25) is 5.02 Å². The van der Waals surface area contributed by atoms with Crippen LogP contribution in [0.15, 0.2) is 120 Å². The van der Waals surface area contributed by atoms with E-state index >= 15 is 0 Å². The molecule has 0 fully saturated rings. The van der Waals surface area contributed by atoms with Gasteiger partial charge >= 0.3 is 0 Å². The summed E-state index contributed by atoms with van der Waals surface area (Å²) in [5.41, 5.74) is 4.98. The Kier molecular flexibility index (Phi) is 6.06. The molecule has 6 rings (SSSR count). The van der Waals surface area contributed by atoms with Gasteiger partial charge in [0.25, 0.3) is 0 Å². The van der Waals surface area contributed by atoms with E-state index < -0.39 is 0 Å². The fraction of sp³-hybridized carbons (Fsp3) is 0. The molecule has 5 aromatic carbocycles. The Balaban J connectivity index is 1.43. The third-order valence-electron chi connectivity index (χ3n) is 6.01. The van der Waals surface area contributed by atoms with Gasteiger partial charge in [0, 0.05) is 26.2 Å². The zero-order chi connectivity index (χ0) is 24.5. The van der Waals surface area contributed by atoms with Crippen LogP contribution in [0, 0.1) is 0 Å². The molecule has 5 heteroatoms. The van der Waals surface area contributed by atoms with E-state index in [1.807, 2.05) is 48.5 Å². The third-order valence-corrected chi connectivity index (χ3v) is 6.69. The van der Waals surface area contributed by atoms with E-state index in [1.165, 1.54) is 16.3 Å². The molecular weight excluding hydrogens is 530 g/mol. The second kappa shape index (κ2) is 9.65. The van der Waals surface area contributed by atoms with Gasteiger partial charge in [0.05, 0.1) is 0 Å². The Morgan fingerprint density at radius 3 is 1.69 bits per heavy atom. The normalized spacial score (nSPS) is 11.1. The Morgan fingerprint density at radius 1 is 0.444 bits per heavy atom. The lowest BCUT2D eigenvalue weighted by Gasteiger charge is -2.10. The van der Waals surface area contributed by atoms with Gasteiger partial charge in [0.2, 0.25) is 0 Å². The van der Waals surface area contributed by atoms with E-state index in [4.69, 9.17) is 26.6 Å². The van der Waals surface area contributed by atoms with Gasteiger partial charge in [-0.1, -0.05) is 119 Å². The Bertz CT molecular complexity index is 1680. The van der Waals surface area contributed by atoms with Crippen molar-refractivity contribution < 1.29 is 0 Å². The largest absolute Gasteiger partial charge is 0.208 e. The van der Waals surface area contributed by atoms with Gasteiger partial charge in [-0.25, -0.2) is 15.0 Å². The van der Waals surface area contributed by atoms with Crippen LogP contribution >= 0.6 is 27.5 Å². The molecule has 0 aliphatic heterocycles. The zero-order valence-corrected chi connectivity index (χ0v) is 21.4. The lowest BCUT2D eigenvalue weighted by Crippen LogP contribution is -2.00. The first-order valence-electron chi connectivity index (χ1n) is 11.5. The van der Waals surface area contributed by atoms with Gasteiger partial charge in [-0.3, -0.25) is 0 Å². The maximum absolute atomic E-state index is 6.32. The van der Waals surface area contributed by atoms with Crippen LogP contribution in [-0.4, -0.2) is 15.0 Å². The molecule has 0 saturated carbocycles. The van der Waals surface area contributed by atoms with Crippen LogP contribution in [0.25, 0.3) is 56.1 Å². The molecule has 36 heavy (non-hydrogen) atoms. The molecule has 0 bridgehead atoms. The van der Waals surface area contributed by atoms with Gasteiger partial charge in [0.1, 0.15) is 0 Å². The van der Waals surface area contributed by atoms with Crippen molar-refractivity contribution in [3.05, 3.63) is 125 Å². The Hall–Kier alpha value is -3.86. The molecule has 0 aliphatic carbocycles. The van der Waals surface area contributed by atoms with Crippen molar-refractivity contribution in [1.82, 2.24) is 15.0 Å². The van der Waals surface area contributed by atoms with E-state index in [1.54, 1.807) is 0 Å². The molecule has 0 amide bonds. The van der Waals surface area contributed by atoms with Crippen molar-refractivity contribution in [2.24, 2.45) is 0 Å². The highest BCUT2D eigenvalue weighted by molar-refractivity contribution is 9.10. The minimum atomic E-state index is 0.570. The average Bonchev–Trinajstić information content (AvgIpc) is 2.92. The molecule has 0 saturated heterocycles. The van der Waals surface area contributed by atoms with Crippen molar-refractivity contribution in [2.75, 3.05) is 0 Å². The Labute approximate surface area is 222 Å². The second-order valence-corrected chi connectivity index (χ2v) is 9.82. The highest BCUT2D eigenvalue weighted by Crippen LogP contribution is 2.30. The predicted molar refractivity (Wildman–Crippen MR) is 152 cm³/mol. The molecule has 172 valence electrons. The average molecular weight is 549 g/mol. The second-order valence-electron chi connectivity index (χ2n) is 8.47. The number of hydrogen-bond donors (Lipinski definition) is 0. The molecule has 0 aliphatic rings. The molecular formula is C31H19BrClN3. The first-order valence-corrected chi connectivity index (χ1v) is 12.7. The molecule has 0 unspecified atom stereocenters. The van der Waals surface area contributed by atoms with Crippen molar-refractivity contribution in [2.45, 2.75) is 0 Å². The van der Waals surface area contributed by atoms with Crippen molar-refractivity contribution >= 4 is 38.3 Å². The van der Waals surface area contributed by atoms with E-state index in [9.17, 15) is 0 Å². The van der Waals surface area contributed by atoms with Crippen molar-refractivity contribution in [3.8, 4) is 45.3 Å². The summed E-state index contributed by atoms with van der Waals surface area (Å²) in [6, 6.07) is 38.9. The maximum Gasteiger partial charge on any atom is 0.164 e. The number of nitrogens with zero attached hydrogens (tertiary/aromatic N) is 3. The summed E-state index contributed by atoms with van der Waals surface area (Å²) in [5.74, 6) is 1.80. The number of aromatic nitrogens is 3. The summed E-state index contributed by atoms with van der Waals surface area (Å²) in [6.07, 6.45) is 0. The number of halogens is 2. The summed E-state index contributed by atoms with van der Waals surface area (Å²) in [4.78, 5) is 14.4. The van der Waals surface area contributed by atoms with Crippen LogP contribution in [0.5, 0.6) is 0 Å².